The standard InChI is InChI=1S/C23H19BrCl2N2O3/c1-2-30-22-10-15(13-27-28-23(29)16-4-3-5-18(24)11-16)6-9-21(22)31-14-17-7-8-19(25)12-20(17)26/h3-13H,2,14H2,1H3,(H,28,29)/b27-13-. The van der Waals surface area contributed by atoms with Gasteiger partial charge in [-0.1, -0.05) is 51.3 Å². The van der Waals surface area contributed by atoms with Gasteiger partial charge in [-0.3, -0.25) is 4.79 Å². The first-order chi connectivity index (χ1) is 15.0. The van der Waals surface area contributed by atoms with E-state index in [1.807, 2.05) is 25.1 Å². The van der Waals surface area contributed by atoms with Crippen LogP contribution in [0.2, 0.25) is 10.0 Å². The molecule has 0 fully saturated rings. The fraction of sp³-hybridized carbons (Fsp3) is 0.130. The number of ether oxygens (including phenoxy) is 2. The van der Waals surface area contributed by atoms with Gasteiger partial charge in [0, 0.05) is 25.6 Å². The zero-order valence-corrected chi connectivity index (χ0v) is 19.7. The second kappa shape index (κ2) is 11.2. The molecule has 1 N–H and O–H groups in total. The highest BCUT2D eigenvalue weighted by molar-refractivity contribution is 9.10. The van der Waals surface area contributed by atoms with Crippen molar-refractivity contribution in [2.75, 3.05) is 6.61 Å². The quantitative estimate of drug-likeness (QED) is 0.272. The Labute approximate surface area is 199 Å². The van der Waals surface area contributed by atoms with Gasteiger partial charge in [0.05, 0.1) is 12.8 Å². The number of carbonyl (C=O) groups excluding carboxylic acids is 1. The summed E-state index contributed by atoms with van der Waals surface area (Å²) in [7, 11) is 0. The van der Waals surface area contributed by atoms with Crippen molar-refractivity contribution in [3.05, 3.63) is 91.9 Å². The molecule has 0 spiro atoms. The fourth-order valence-electron chi connectivity index (χ4n) is 2.65. The van der Waals surface area contributed by atoms with E-state index in [2.05, 4.69) is 26.5 Å². The third-order valence-corrected chi connectivity index (χ3v) is 5.21. The molecule has 3 rings (SSSR count). The second-order valence-electron chi connectivity index (χ2n) is 6.37. The van der Waals surface area contributed by atoms with Gasteiger partial charge in [0.1, 0.15) is 6.61 Å². The minimum Gasteiger partial charge on any atom is -0.490 e. The Morgan fingerprint density at radius 2 is 1.90 bits per heavy atom. The van der Waals surface area contributed by atoms with Crippen LogP contribution in [0.4, 0.5) is 0 Å². The van der Waals surface area contributed by atoms with Gasteiger partial charge < -0.3 is 9.47 Å². The summed E-state index contributed by atoms with van der Waals surface area (Å²) in [5.41, 5.74) is 4.58. The van der Waals surface area contributed by atoms with Crippen molar-refractivity contribution in [2.24, 2.45) is 5.10 Å². The lowest BCUT2D eigenvalue weighted by Gasteiger charge is -2.13. The van der Waals surface area contributed by atoms with Crippen molar-refractivity contribution < 1.29 is 14.3 Å². The summed E-state index contributed by atoms with van der Waals surface area (Å²) < 4.78 is 12.4. The van der Waals surface area contributed by atoms with Gasteiger partial charge in [0.2, 0.25) is 0 Å². The van der Waals surface area contributed by atoms with Crippen molar-refractivity contribution in [1.29, 1.82) is 0 Å². The molecule has 3 aromatic rings. The lowest BCUT2D eigenvalue weighted by molar-refractivity contribution is 0.0955. The number of halogens is 3. The van der Waals surface area contributed by atoms with E-state index in [-0.39, 0.29) is 12.5 Å². The smallest absolute Gasteiger partial charge is 0.271 e. The van der Waals surface area contributed by atoms with Crippen LogP contribution in [0.5, 0.6) is 11.5 Å². The first kappa shape index (κ1) is 23.1. The van der Waals surface area contributed by atoms with Gasteiger partial charge in [0.15, 0.2) is 11.5 Å². The number of rotatable bonds is 8. The fourth-order valence-corrected chi connectivity index (χ4v) is 3.51. The number of nitrogens with zero attached hydrogens (tertiary/aromatic N) is 1. The van der Waals surface area contributed by atoms with Crippen LogP contribution < -0.4 is 14.9 Å². The minimum absolute atomic E-state index is 0.270. The van der Waals surface area contributed by atoms with Crippen LogP contribution in [0.15, 0.2) is 70.2 Å². The predicted octanol–water partition coefficient (Wildman–Crippen LogP) is 6.50. The van der Waals surface area contributed by atoms with E-state index in [4.69, 9.17) is 32.7 Å². The molecule has 0 aliphatic carbocycles. The molecule has 31 heavy (non-hydrogen) atoms. The number of hydrazone groups is 1. The Morgan fingerprint density at radius 1 is 1.06 bits per heavy atom. The summed E-state index contributed by atoms with van der Waals surface area (Å²) in [6.07, 6.45) is 1.54. The summed E-state index contributed by atoms with van der Waals surface area (Å²) in [5.74, 6) is 0.834. The molecule has 0 atom stereocenters. The summed E-state index contributed by atoms with van der Waals surface area (Å²) in [6, 6.07) is 17.7. The Kier molecular flexibility index (Phi) is 8.35. The van der Waals surface area contributed by atoms with E-state index in [1.54, 1.807) is 42.5 Å². The van der Waals surface area contributed by atoms with Crippen LogP contribution in [-0.4, -0.2) is 18.7 Å². The highest BCUT2D eigenvalue weighted by atomic mass is 79.9. The average molecular weight is 522 g/mol. The maximum atomic E-state index is 12.2. The Hall–Kier alpha value is -2.54. The molecule has 0 unspecified atom stereocenters. The largest absolute Gasteiger partial charge is 0.490 e. The third kappa shape index (κ3) is 6.72. The molecular weight excluding hydrogens is 503 g/mol. The maximum Gasteiger partial charge on any atom is 0.271 e. The number of hydrogen-bond acceptors (Lipinski definition) is 4. The van der Waals surface area contributed by atoms with Crippen molar-refractivity contribution in [3.8, 4) is 11.5 Å². The zero-order valence-electron chi connectivity index (χ0n) is 16.6. The molecule has 3 aromatic carbocycles. The number of carbonyl (C=O) groups is 1. The molecule has 0 aliphatic rings. The monoisotopic (exact) mass is 520 g/mol. The number of amides is 1. The van der Waals surface area contributed by atoms with Gasteiger partial charge in [0.25, 0.3) is 5.91 Å². The summed E-state index contributed by atoms with van der Waals surface area (Å²) in [5, 5.41) is 5.13. The topological polar surface area (TPSA) is 59.9 Å². The van der Waals surface area contributed by atoms with Gasteiger partial charge >= 0.3 is 0 Å². The molecule has 0 aliphatic heterocycles. The van der Waals surface area contributed by atoms with Crippen LogP contribution in [0.25, 0.3) is 0 Å². The molecule has 0 bridgehead atoms. The molecule has 0 saturated carbocycles. The van der Waals surface area contributed by atoms with Gasteiger partial charge in [-0.15, -0.1) is 0 Å². The molecule has 0 saturated heterocycles. The van der Waals surface area contributed by atoms with E-state index in [1.165, 1.54) is 6.21 Å². The second-order valence-corrected chi connectivity index (χ2v) is 8.13. The van der Waals surface area contributed by atoms with Crippen LogP contribution >= 0.6 is 39.1 Å². The molecule has 0 radical (unpaired) electrons. The number of hydrogen-bond donors (Lipinski definition) is 1. The zero-order chi connectivity index (χ0) is 22.2. The van der Waals surface area contributed by atoms with Crippen molar-refractivity contribution in [1.82, 2.24) is 5.43 Å². The van der Waals surface area contributed by atoms with Gasteiger partial charge in [-0.05, 0) is 61.0 Å². The molecule has 0 aromatic heterocycles. The molecule has 5 nitrogen and oxygen atoms in total. The molecular formula is C23H19BrCl2N2O3. The third-order valence-electron chi connectivity index (χ3n) is 4.13. The first-order valence-electron chi connectivity index (χ1n) is 9.39. The predicted molar refractivity (Wildman–Crippen MR) is 128 cm³/mol. The lowest BCUT2D eigenvalue weighted by Crippen LogP contribution is -2.17. The Morgan fingerprint density at radius 3 is 2.65 bits per heavy atom. The van der Waals surface area contributed by atoms with E-state index in [0.29, 0.717) is 33.7 Å². The number of nitrogens with one attached hydrogen (secondary N) is 1. The minimum atomic E-state index is -0.303. The van der Waals surface area contributed by atoms with Crippen molar-refractivity contribution in [3.63, 3.8) is 0 Å². The Bertz CT molecular complexity index is 1110. The van der Waals surface area contributed by atoms with Gasteiger partial charge in [-0.25, -0.2) is 5.43 Å². The van der Waals surface area contributed by atoms with E-state index in [0.717, 1.165) is 15.6 Å². The van der Waals surface area contributed by atoms with Crippen LogP contribution in [0.3, 0.4) is 0 Å². The highest BCUT2D eigenvalue weighted by Gasteiger charge is 2.09. The number of benzene rings is 3. The van der Waals surface area contributed by atoms with E-state index in [9.17, 15) is 4.79 Å². The first-order valence-corrected chi connectivity index (χ1v) is 10.9. The maximum absolute atomic E-state index is 12.2. The SMILES string of the molecule is CCOc1cc(/C=N\NC(=O)c2cccc(Br)c2)ccc1OCc1ccc(Cl)cc1Cl. The summed E-state index contributed by atoms with van der Waals surface area (Å²) >= 11 is 15.5. The van der Waals surface area contributed by atoms with Gasteiger partial charge in [-0.2, -0.15) is 5.10 Å². The highest BCUT2D eigenvalue weighted by Crippen LogP contribution is 2.30. The van der Waals surface area contributed by atoms with E-state index >= 15 is 0 Å². The molecule has 0 heterocycles. The average Bonchev–Trinajstić information content (AvgIpc) is 2.74. The van der Waals surface area contributed by atoms with Crippen LogP contribution in [0.1, 0.15) is 28.4 Å². The van der Waals surface area contributed by atoms with Crippen LogP contribution in [0, 0.1) is 0 Å². The summed E-state index contributed by atoms with van der Waals surface area (Å²) in [6.45, 7) is 2.63. The molecule has 160 valence electrons. The van der Waals surface area contributed by atoms with Crippen LogP contribution in [-0.2, 0) is 6.61 Å². The summed E-state index contributed by atoms with van der Waals surface area (Å²) in [4.78, 5) is 12.2. The van der Waals surface area contributed by atoms with E-state index < -0.39 is 0 Å². The normalized spacial score (nSPS) is 10.8. The lowest BCUT2D eigenvalue weighted by atomic mass is 10.2. The van der Waals surface area contributed by atoms with Crippen molar-refractivity contribution >= 4 is 51.3 Å². The molecule has 8 heteroatoms. The molecule has 1 amide bonds. The van der Waals surface area contributed by atoms with Crippen molar-refractivity contribution in [2.45, 2.75) is 13.5 Å². The Balaban J connectivity index is 1.67.